The number of aromatic nitrogens is 2. The van der Waals surface area contributed by atoms with Crippen LogP contribution in [0.4, 0.5) is 0 Å². The van der Waals surface area contributed by atoms with Gasteiger partial charge in [0.25, 0.3) is 0 Å². The molecule has 0 amide bonds. The van der Waals surface area contributed by atoms with Gasteiger partial charge in [-0.15, -0.1) is 0 Å². The molecule has 0 aliphatic heterocycles. The summed E-state index contributed by atoms with van der Waals surface area (Å²) in [6, 6.07) is 6.70. The smallest absolute Gasteiger partial charge is 0.322 e. The molecule has 0 saturated heterocycles. The van der Waals surface area contributed by atoms with Crippen LogP contribution in [-0.2, 0) is 6.54 Å². The number of nitrogens with zero attached hydrogens (tertiary/aromatic N) is 2. The standard InChI is InChI=1S/C16H20BrN3O/c1-10(2)18-8-13-9-19-16(20-12(13)4)21-15-7-14(17)6-5-11(15)3/h5-7,9-10,18H,8H2,1-4H3. The van der Waals surface area contributed by atoms with Gasteiger partial charge in [0.15, 0.2) is 0 Å². The van der Waals surface area contributed by atoms with Gasteiger partial charge in [-0.05, 0) is 31.5 Å². The molecule has 1 heterocycles. The number of benzene rings is 1. The zero-order chi connectivity index (χ0) is 15.4. The van der Waals surface area contributed by atoms with Gasteiger partial charge in [-0.25, -0.2) is 4.98 Å². The Hall–Kier alpha value is -1.46. The topological polar surface area (TPSA) is 47.0 Å². The molecule has 0 spiro atoms. The summed E-state index contributed by atoms with van der Waals surface area (Å²) in [5, 5.41) is 3.36. The summed E-state index contributed by atoms with van der Waals surface area (Å²) >= 11 is 3.44. The van der Waals surface area contributed by atoms with Crippen LogP contribution in [0.1, 0.15) is 30.7 Å². The molecule has 2 aromatic rings. The molecule has 1 N–H and O–H groups in total. The average Bonchev–Trinajstić information content (AvgIpc) is 2.42. The first-order chi connectivity index (χ1) is 9.95. The molecule has 1 aromatic carbocycles. The van der Waals surface area contributed by atoms with E-state index in [9.17, 15) is 0 Å². The Morgan fingerprint density at radius 2 is 2.05 bits per heavy atom. The van der Waals surface area contributed by atoms with E-state index in [1.807, 2.05) is 38.2 Å². The predicted molar refractivity (Wildman–Crippen MR) is 87.7 cm³/mol. The molecule has 2 rings (SSSR count). The van der Waals surface area contributed by atoms with Crippen molar-refractivity contribution in [1.82, 2.24) is 15.3 Å². The van der Waals surface area contributed by atoms with Crippen molar-refractivity contribution in [3.63, 3.8) is 0 Å². The highest BCUT2D eigenvalue weighted by molar-refractivity contribution is 9.10. The Labute approximate surface area is 134 Å². The first-order valence-electron chi connectivity index (χ1n) is 6.95. The molecule has 0 bridgehead atoms. The number of ether oxygens (including phenoxy) is 1. The summed E-state index contributed by atoms with van der Waals surface area (Å²) in [4.78, 5) is 8.72. The molecular weight excluding hydrogens is 330 g/mol. The summed E-state index contributed by atoms with van der Waals surface area (Å²) in [5.74, 6) is 0.761. The Morgan fingerprint density at radius 3 is 2.71 bits per heavy atom. The molecule has 0 radical (unpaired) electrons. The highest BCUT2D eigenvalue weighted by atomic mass is 79.9. The van der Waals surface area contributed by atoms with Gasteiger partial charge >= 0.3 is 6.01 Å². The SMILES string of the molecule is Cc1ccc(Br)cc1Oc1ncc(CNC(C)C)c(C)n1. The van der Waals surface area contributed by atoms with Crippen molar-refractivity contribution in [1.29, 1.82) is 0 Å². The minimum Gasteiger partial charge on any atom is -0.424 e. The molecule has 0 aliphatic carbocycles. The normalized spacial score (nSPS) is 11.0. The van der Waals surface area contributed by atoms with Crippen LogP contribution in [0.5, 0.6) is 11.8 Å². The van der Waals surface area contributed by atoms with Crippen LogP contribution in [0, 0.1) is 13.8 Å². The lowest BCUT2D eigenvalue weighted by atomic mass is 10.2. The third kappa shape index (κ3) is 4.51. The second-order valence-electron chi connectivity index (χ2n) is 5.31. The molecule has 1 aromatic heterocycles. The number of rotatable bonds is 5. The molecule has 21 heavy (non-hydrogen) atoms. The minimum absolute atomic E-state index is 0.377. The van der Waals surface area contributed by atoms with Crippen molar-refractivity contribution >= 4 is 15.9 Å². The molecular formula is C16H20BrN3O. The minimum atomic E-state index is 0.377. The Morgan fingerprint density at radius 1 is 1.29 bits per heavy atom. The van der Waals surface area contributed by atoms with E-state index in [4.69, 9.17) is 4.74 Å². The molecule has 0 fully saturated rings. The van der Waals surface area contributed by atoms with Crippen LogP contribution in [0.15, 0.2) is 28.9 Å². The number of aryl methyl sites for hydroxylation is 2. The fourth-order valence-electron chi connectivity index (χ4n) is 1.79. The molecule has 0 atom stereocenters. The first kappa shape index (κ1) is 15.9. The van der Waals surface area contributed by atoms with Gasteiger partial charge < -0.3 is 10.1 Å². The third-order valence-electron chi connectivity index (χ3n) is 3.11. The molecule has 5 heteroatoms. The molecule has 112 valence electrons. The van der Waals surface area contributed by atoms with E-state index in [1.165, 1.54) is 0 Å². The van der Waals surface area contributed by atoms with Crippen LogP contribution in [-0.4, -0.2) is 16.0 Å². The quantitative estimate of drug-likeness (QED) is 0.880. The molecule has 0 aliphatic rings. The highest BCUT2D eigenvalue weighted by Crippen LogP contribution is 2.26. The maximum Gasteiger partial charge on any atom is 0.322 e. The van der Waals surface area contributed by atoms with Crippen LogP contribution < -0.4 is 10.1 Å². The van der Waals surface area contributed by atoms with Crippen LogP contribution in [0.3, 0.4) is 0 Å². The lowest BCUT2D eigenvalue weighted by Crippen LogP contribution is -2.22. The van der Waals surface area contributed by atoms with Gasteiger partial charge in [-0.3, -0.25) is 0 Å². The van der Waals surface area contributed by atoms with E-state index in [2.05, 4.69) is 45.1 Å². The van der Waals surface area contributed by atoms with Gasteiger partial charge in [-0.2, -0.15) is 4.98 Å². The lowest BCUT2D eigenvalue weighted by Gasteiger charge is -2.11. The Balaban J connectivity index is 2.14. The fraction of sp³-hybridized carbons (Fsp3) is 0.375. The van der Waals surface area contributed by atoms with E-state index >= 15 is 0 Å². The predicted octanol–water partition coefficient (Wildman–Crippen LogP) is 4.15. The summed E-state index contributed by atoms with van der Waals surface area (Å²) in [6.07, 6.45) is 1.82. The Kier molecular flexibility index (Phi) is 5.31. The maximum absolute atomic E-state index is 5.78. The van der Waals surface area contributed by atoms with E-state index in [0.29, 0.717) is 12.1 Å². The third-order valence-corrected chi connectivity index (χ3v) is 3.60. The zero-order valence-electron chi connectivity index (χ0n) is 12.8. The van der Waals surface area contributed by atoms with Crippen LogP contribution in [0.25, 0.3) is 0 Å². The number of hydrogen-bond donors (Lipinski definition) is 1. The van der Waals surface area contributed by atoms with Crippen molar-refractivity contribution < 1.29 is 4.74 Å². The summed E-state index contributed by atoms with van der Waals surface area (Å²) in [5.41, 5.74) is 3.06. The van der Waals surface area contributed by atoms with Crippen molar-refractivity contribution in [2.45, 2.75) is 40.3 Å². The largest absolute Gasteiger partial charge is 0.424 e. The average molecular weight is 350 g/mol. The van der Waals surface area contributed by atoms with Gasteiger partial charge in [0.05, 0.1) is 0 Å². The molecule has 4 nitrogen and oxygen atoms in total. The molecule has 0 unspecified atom stereocenters. The first-order valence-corrected chi connectivity index (χ1v) is 7.75. The second-order valence-corrected chi connectivity index (χ2v) is 6.23. The monoisotopic (exact) mass is 349 g/mol. The summed E-state index contributed by atoms with van der Waals surface area (Å²) < 4.78 is 6.75. The Bertz CT molecular complexity index is 629. The van der Waals surface area contributed by atoms with Crippen molar-refractivity contribution in [3.8, 4) is 11.8 Å². The number of halogens is 1. The van der Waals surface area contributed by atoms with E-state index in [0.717, 1.165) is 33.6 Å². The fourth-order valence-corrected chi connectivity index (χ4v) is 2.13. The van der Waals surface area contributed by atoms with E-state index in [1.54, 1.807) is 0 Å². The van der Waals surface area contributed by atoms with Gasteiger partial charge in [0.2, 0.25) is 0 Å². The van der Waals surface area contributed by atoms with Crippen molar-refractivity contribution in [2.75, 3.05) is 0 Å². The highest BCUT2D eigenvalue weighted by Gasteiger charge is 2.08. The summed E-state index contributed by atoms with van der Waals surface area (Å²) in [6.45, 7) is 8.96. The maximum atomic E-state index is 5.78. The lowest BCUT2D eigenvalue weighted by molar-refractivity contribution is 0.435. The number of nitrogens with one attached hydrogen (secondary N) is 1. The van der Waals surface area contributed by atoms with Crippen molar-refractivity contribution in [2.24, 2.45) is 0 Å². The van der Waals surface area contributed by atoms with Crippen LogP contribution >= 0.6 is 15.9 Å². The number of hydrogen-bond acceptors (Lipinski definition) is 4. The van der Waals surface area contributed by atoms with E-state index in [-0.39, 0.29) is 0 Å². The second kappa shape index (κ2) is 7.00. The van der Waals surface area contributed by atoms with Crippen molar-refractivity contribution in [3.05, 3.63) is 45.7 Å². The van der Waals surface area contributed by atoms with E-state index < -0.39 is 0 Å². The van der Waals surface area contributed by atoms with Crippen LogP contribution in [0.2, 0.25) is 0 Å². The molecule has 0 saturated carbocycles. The van der Waals surface area contributed by atoms with Gasteiger partial charge in [0, 0.05) is 34.5 Å². The van der Waals surface area contributed by atoms with Gasteiger partial charge in [0.1, 0.15) is 5.75 Å². The summed E-state index contributed by atoms with van der Waals surface area (Å²) in [7, 11) is 0. The van der Waals surface area contributed by atoms with Gasteiger partial charge in [-0.1, -0.05) is 35.8 Å². The zero-order valence-corrected chi connectivity index (χ0v) is 14.4.